The number of hydrogen-bond acceptors (Lipinski definition) is 5. The Kier molecular flexibility index (Phi) is 18.6. The van der Waals surface area contributed by atoms with Gasteiger partial charge in [0.05, 0.1) is 22.8 Å². The Hall–Kier alpha value is -5.14. The minimum absolute atomic E-state index is 0.146. The number of benzene rings is 2. The molecule has 0 saturated heterocycles. The molecule has 2 atom stereocenters. The number of nitrogens with one attached hydrogen (secondary N) is 2. The number of phenols is 2. The third-order valence-electron chi connectivity index (χ3n) is 14.1. The number of rotatable bonds is 26. The van der Waals surface area contributed by atoms with Gasteiger partial charge in [0.15, 0.2) is 0 Å². The fourth-order valence-electron chi connectivity index (χ4n) is 10.2. The van der Waals surface area contributed by atoms with Crippen LogP contribution in [0.15, 0.2) is 72.8 Å². The van der Waals surface area contributed by atoms with Crippen LogP contribution in [0.1, 0.15) is 208 Å². The van der Waals surface area contributed by atoms with Gasteiger partial charge in [0.1, 0.15) is 17.6 Å². The summed E-state index contributed by atoms with van der Waals surface area (Å²) < 4.78 is 0. The van der Waals surface area contributed by atoms with E-state index in [1.54, 1.807) is 24.3 Å². The van der Waals surface area contributed by atoms with E-state index in [4.69, 9.17) is 9.97 Å². The fourth-order valence-corrected chi connectivity index (χ4v) is 10.2. The van der Waals surface area contributed by atoms with Crippen molar-refractivity contribution in [3.8, 4) is 33.8 Å². The second-order valence-electron chi connectivity index (χ2n) is 19.3. The number of fused-ring (bicyclic) bond motifs is 8. The number of aliphatic hydroxyl groups is 1. The molecule has 2 unspecified atom stereocenters. The van der Waals surface area contributed by atoms with Crippen LogP contribution in [0.5, 0.6) is 11.5 Å². The number of nitrogens with zero attached hydrogens (tertiary/aromatic N) is 2. The van der Waals surface area contributed by atoms with Crippen LogP contribution < -0.4 is 0 Å². The van der Waals surface area contributed by atoms with Crippen molar-refractivity contribution in [1.29, 1.82) is 0 Å². The van der Waals surface area contributed by atoms with Crippen LogP contribution in [-0.4, -0.2) is 35.3 Å². The first kappa shape index (κ1) is 48.8. The molecule has 0 fully saturated rings. The molecule has 0 saturated carbocycles. The smallest absolute Gasteiger partial charge is 0.116 e. The standard InChI is InChI=1S/C59H78N4O3/c1-4-6-8-10-12-14-16-18-20-22-24-32-47-49-34-35-50(60-49)48(33-25-23-21-19-17-15-13-11-9-7-5-2)52-37-39-54(62-52)56(44-29-27-31-46(65)41-44)58-59(66)42(3)57(63-58)55(53-38-36-51(47)61-53)43-28-26-30-45(64)40-43/h26-31,34-42,59,61-62,64-66H,4-25,32-33H2,1-3H3. The maximum atomic E-state index is 12.3. The SMILES string of the molecule is CCCCCCCCCCCCCc1c2nc(c(CCCCCCCCCCCCC)c3ccc([nH]3)c(-c3cccc(O)c3)c3nc(c(-c4cccc(O)c4)c4ccc1[nH]4)C(C)C3O)C=C2. The van der Waals surface area contributed by atoms with Crippen molar-refractivity contribution in [2.24, 2.45) is 0 Å². The molecule has 7 heteroatoms. The molecule has 66 heavy (non-hydrogen) atoms. The monoisotopic (exact) mass is 891 g/mol. The largest absolute Gasteiger partial charge is 0.508 e. The van der Waals surface area contributed by atoms with Gasteiger partial charge < -0.3 is 25.3 Å². The summed E-state index contributed by atoms with van der Waals surface area (Å²) in [6.07, 6.45) is 33.8. The van der Waals surface area contributed by atoms with E-state index in [-0.39, 0.29) is 17.4 Å². The highest BCUT2D eigenvalue weighted by atomic mass is 16.3. The van der Waals surface area contributed by atoms with Crippen molar-refractivity contribution in [3.63, 3.8) is 0 Å². The first-order valence-electron chi connectivity index (χ1n) is 26.1. The van der Waals surface area contributed by atoms with Gasteiger partial charge in [-0.2, -0.15) is 0 Å². The highest BCUT2D eigenvalue weighted by Crippen LogP contribution is 2.45. The Bertz CT molecular complexity index is 2340. The van der Waals surface area contributed by atoms with E-state index in [0.29, 0.717) is 5.69 Å². The third kappa shape index (κ3) is 12.8. The van der Waals surface area contributed by atoms with Gasteiger partial charge in [0.2, 0.25) is 0 Å². The van der Waals surface area contributed by atoms with Crippen LogP contribution in [0.25, 0.3) is 56.5 Å². The summed E-state index contributed by atoms with van der Waals surface area (Å²) in [5.74, 6) is -0.0608. The summed E-state index contributed by atoms with van der Waals surface area (Å²) >= 11 is 0. The molecule has 0 amide bonds. The lowest BCUT2D eigenvalue weighted by Crippen LogP contribution is -2.02. The lowest BCUT2D eigenvalue weighted by Gasteiger charge is -2.14. The highest BCUT2D eigenvalue weighted by molar-refractivity contribution is 5.89. The first-order valence-corrected chi connectivity index (χ1v) is 26.1. The number of unbranched alkanes of at least 4 members (excludes halogenated alkanes) is 20. The van der Waals surface area contributed by atoms with E-state index < -0.39 is 6.10 Å². The van der Waals surface area contributed by atoms with Crippen molar-refractivity contribution >= 4 is 34.2 Å². The van der Waals surface area contributed by atoms with E-state index in [9.17, 15) is 15.3 Å². The molecule has 2 aliphatic rings. The molecule has 2 aliphatic heterocycles. The maximum Gasteiger partial charge on any atom is 0.116 e. The van der Waals surface area contributed by atoms with Gasteiger partial charge in [-0.15, -0.1) is 0 Å². The van der Waals surface area contributed by atoms with Crippen molar-refractivity contribution in [3.05, 3.63) is 107 Å². The Morgan fingerprint density at radius 1 is 0.455 bits per heavy atom. The lowest BCUT2D eigenvalue weighted by atomic mass is 9.92. The molecule has 7 nitrogen and oxygen atoms in total. The molecule has 0 aliphatic carbocycles. The molecular weight excluding hydrogens is 813 g/mol. The van der Waals surface area contributed by atoms with Crippen LogP contribution in [0.2, 0.25) is 0 Å². The lowest BCUT2D eigenvalue weighted by molar-refractivity contribution is 0.159. The van der Waals surface area contributed by atoms with Crippen molar-refractivity contribution < 1.29 is 15.3 Å². The minimum atomic E-state index is -0.927. The molecule has 3 aromatic heterocycles. The number of aryl methyl sites for hydroxylation is 2. The van der Waals surface area contributed by atoms with E-state index >= 15 is 0 Å². The number of aromatic hydroxyl groups is 2. The number of aliphatic hydroxyl groups excluding tert-OH is 1. The summed E-state index contributed by atoms with van der Waals surface area (Å²) in [4.78, 5) is 18.5. The Labute approximate surface area is 395 Å². The van der Waals surface area contributed by atoms with Crippen LogP contribution in [0, 0.1) is 0 Å². The number of aromatic nitrogens is 4. The fraction of sp³-hybridized carbons (Fsp3) is 0.492. The summed E-state index contributed by atoms with van der Waals surface area (Å²) in [6, 6.07) is 23.1. The molecular formula is C59H78N4O3. The number of hydrogen-bond donors (Lipinski definition) is 5. The van der Waals surface area contributed by atoms with E-state index in [1.165, 1.54) is 140 Å². The Morgan fingerprint density at radius 3 is 1.24 bits per heavy atom. The second kappa shape index (κ2) is 25.1. The zero-order valence-electron chi connectivity index (χ0n) is 40.4. The Morgan fingerprint density at radius 2 is 0.833 bits per heavy atom. The second-order valence-corrected chi connectivity index (χ2v) is 19.3. The first-order chi connectivity index (χ1) is 32.4. The van der Waals surface area contributed by atoms with Crippen LogP contribution >= 0.6 is 0 Å². The summed E-state index contributed by atoms with van der Waals surface area (Å²) in [5, 5.41) is 33.8. The van der Waals surface area contributed by atoms with Gasteiger partial charge >= 0.3 is 0 Å². The van der Waals surface area contributed by atoms with Gasteiger partial charge in [-0.1, -0.05) is 173 Å². The third-order valence-corrected chi connectivity index (χ3v) is 14.1. The van der Waals surface area contributed by atoms with Gasteiger partial charge in [-0.3, -0.25) is 4.98 Å². The van der Waals surface area contributed by atoms with Crippen molar-refractivity contribution in [1.82, 2.24) is 19.9 Å². The van der Waals surface area contributed by atoms with E-state index in [1.807, 2.05) is 31.2 Å². The highest BCUT2D eigenvalue weighted by Gasteiger charge is 2.33. The van der Waals surface area contributed by atoms with Gasteiger partial charge in [-0.05, 0) is 97.5 Å². The van der Waals surface area contributed by atoms with E-state index in [0.717, 1.165) is 87.1 Å². The van der Waals surface area contributed by atoms with Crippen molar-refractivity contribution in [2.45, 2.75) is 187 Å². The maximum absolute atomic E-state index is 12.3. The molecule has 352 valence electrons. The van der Waals surface area contributed by atoms with E-state index in [2.05, 4.69) is 60.2 Å². The van der Waals surface area contributed by atoms with Crippen LogP contribution in [0.4, 0.5) is 0 Å². The van der Waals surface area contributed by atoms with Gasteiger partial charge in [0.25, 0.3) is 0 Å². The topological polar surface area (TPSA) is 118 Å². The summed E-state index contributed by atoms with van der Waals surface area (Å²) in [6.45, 7) is 6.59. The molecule has 5 aromatic rings. The molecule has 5 N–H and O–H groups in total. The molecule has 2 aromatic carbocycles. The minimum Gasteiger partial charge on any atom is -0.508 e. The molecule has 0 spiro atoms. The predicted molar refractivity (Wildman–Crippen MR) is 278 cm³/mol. The number of aromatic amines is 2. The average molecular weight is 891 g/mol. The predicted octanol–water partition coefficient (Wildman–Crippen LogP) is 16.8. The van der Waals surface area contributed by atoms with Crippen LogP contribution in [-0.2, 0) is 12.8 Å². The zero-order valence-corrected chi connectivity index (χ0v) is 40.4. The molecule has 5 heterocycles. The molecule has 8 bridgehead atoms. The Balaban J connectivity index is 1.31. The number of H-pyrrole nitrogens is 2. The zero-order chi connectivity index (χ0) is 46.1. The van der Waals surface area contributed by atoms with Crippen LogP contribution in [0.3, 0.4) is 0 Å². The number of phenolic OH excluding ortho intramolecular Hbond substituents is 2. The van der Waals surface area contributed by atoms with Gasteiger partial charge in [-0.25, -0.2) is 4.98 Å². The average Bonchev–Trinajstić information content (AvgIpc) is 4.15. The summed E-state index contributed by atoms with van der Waals surface area (Å²) in [5.41, 5.74) is 12.6. The molecule has 0 radical (unpaired) electrons. The summed E-state index contributed by atoms with van der Waals surface area (Å²) in [7, 11) is 0. The van der Waals surface area contributed by atoms with Gasteiger partial charge in [0, 0.05) is 50.2 Å². The molecule has 7 rings (SSSR count). The quantitative estimate of drug-likeness (QED) is 0.0348. The van der Waals surface area contributed by atoms with Crippen molar-refractivity contribution in [2.75, 3.05) is 0 Å². The normalized spacial score (nSPS) is 14.7.